The highest BCUT2D eigenvalue weighted by Crippen LogP contribution is 2.55. The molecule has 98 heavy (non-hydrogen) atoms. The fourth-order valence-electron chi connectivity index (χ4n) is 8.21. The summed E-state index contributed by atoms with van der Waals surface area (Å²) in [5.74, 6) is 0. The van der Waals surface area contributed by atoms with Gasteiger partial charge in [-0.3, -0.25) is 72.4 Å². The number of allylic oxidation sites excluding steroid dienone is 16. The van der Waals surface area contributed by atoms with Gasteiger partial charge in [-0.2, -0.15) is 0 Å². The van der Waals surface area contributed by atoms with Crippen molar-refractivity contribution < 1.29 is 153 Å². The topological polar surface area (TPSA) is 466 Å². The SMILES string of the molecule is COP(=O)(O)OCC(C)(COP(=O)(O)OCCCC1=CC=C(Cl)C1)COP(=O)(O)OCC(C)(COP(=O)(O)OCCCC1=CC=C(Cl)C1)COP(=O)(O)OCC(C)(COP(=O)(O)OCCCC1=CC=C(Cl)C1)COP(=O)(O)OCC(C)(CO)COP(=O)(O)OCCCC1=CC=C(Cl)C1. The number of aliphatic hydroxyl groups excluding tert-OH is 1. The van der Waals surface area contributed by atoms with E-state index in [2.05, 4.69) is 4.52 Å². The molecule has 0 spiro atoms. The Morgan fingerprint density at radius 1 is 0.306 bits per heavy atom. The quantitative estimate of drug-likeness (QED) is 0.0202. The molecule has 4 aliphatic carbocycles. The normalized spacial score (nSPS) is 22.6. The summed E-state index contributed by atoms with van der Waals surface area (Å²) in [6.07, 6.45) is 18.7. The smallest absolute Gasteiger partial charge is 0.396 e. The first kappa shape index (κ1) is 90.3. The molecule has 0 saturated carbocycles. The lowest BCUT2D eigenvalue weighted by Crippen LogP contribution is -2.36. The Balaban J connectivity index is 1.49. The van der Waals surface area contributed by atoms with E-state index in [0.717, 1.165) is 43.2 Å². The summed E-state index contributed by atoms with van der Waals surface area (Å²) in [6.45, 7) is -8.48. The first-order valence-electron chi connectivity index (χ1n) is 29.9. The molecule has 0 aromatic carbocycles. The summed E-state index contributed by atoms with van der Waals surface area (Å²) >= 11 is 24.1. The van der Waals surface area contributed by atoms with Gasteiger partial charge in [0.1, 0.15) is 0 Å². The average molecular weight is 1640 g/mol. The second-order valence-corrected chi connectivity index (χ2v) is 38.2. The van der Waals surface area contributed by atoms with Gasteiger partial charge in [0.25, 0.3) is 0 Å². The van der Waals surface area contributed by atoms with Crippen LogP contribution in [0.5, 0.6) is 0 Å². The number of hydrogen-bond donors (Lipinski definition) is 9. The third-order valence-corrected chi connectivity index (χ3v) is 22.7. The highest BCUT2D eigenvalue weighted by Gasteiger charge is 2.43. The van der Waals surface area contributed by atoms with Crippen LogP contribution in [-0.2, 0) is 109 Å². The third-order valence-electron chi connectivity index (χ3n) is 14.1. The van der Waals surface area contributed by atoms with E-state index in [1.807, 2.05) is 6.08 Å². The zero-order chi connectivity index (χ0) is 73.4. The van der Waals surface area contributed by atoms with E-state index < -0.39 is 164 Å². The Labute approximate surface area is 589 Å². The second kappa shape index (κ2) is 40.8. The molecule has 12 atom stereocenters. The lowest BCUT2D eigenvalue weighted by Gasteiger charge is -2.33. The summed E-state index contributed by atoms with van der Waals surface area (Å²) in [4.78, 5) is 85.3. The van der Waals surface area contributed by atoms with Crippen LogP contribution in [0.2, 0.25) is 0 Å². The van der Waals surface area contributed by atoms with Crippen molar-refractivity contribution in [2.45, 2.75) is 105 Å². The van der Waals surface area contributed by atoms with E-state index in [-0.39, 0.29) is 45.7 Å². The molecule has 0 aliphatic heterocycles. The Morgan fingerprint density at radius 3 is 0.643 bits per heavy atom. The minimum atomic E-state index is -5.55. The van der Waals surface area contributed by atoms with Crippen LogP contribution in [0.1, 0.15) is 105 Å². The van der Waals surface area contributed by atoms with Gasteiger partial charge in [0.05, 0.1) is 106 Å². The van der Waals surface area contributed by atoms with E-state index in [1.165, 1.54) is 13.8 Å². The molecule has 0 fully saturated rings. The van der Waals surface area contributed by atoms with E-state index in [9.17, 15) is 80.8 Å². The Hall–Kier alpha value is -0.0800. The van der Waals surface area contributed by atoms with Gasteiger partial charge < -0.3 is 44.3 Å². The van der Waals surface area contributed by atoms with Crippen LogP contribution in [0.25, 0.3) is 0 Å². The van der Waals surface area contributed by atoms with Crippen molar-refractivity contribution in [2.75, 3.05) is 113 Å². The molecule has 4 rings (SSSR count). The molecule has 33 nitrogen and oxygen atoms in total. The lowest BCUT2D eigenvalue weighted by molar-refractivity contribution is -0.0185. The standard InChI is InChI=1S/C53H88Cl4O33P8/c1-50(30-58,31-81-92(61,62)76-22-6-10-42-14-18-46(54)26-42)32-82-96(69,70)86-38-52(3,35-84-94(65,66)78-24-8-12-44-16-20-48(56)28-44)39-89-98(73,74)90-41-53(4,36-85-95(67,68)79-25-9-13-45-17-21-49(57)29-45)40-88-97(71,72)87-37-51(2,33-80-91(59,60)75-5)34-83-93(63,64)77-23-7-11-43-15-19-47(55)27-43/h14-21,58H,6-13,22-41H2,1-5H3,(H,59,60)(H,61,62)(H,63,64)(H,65,66)(H,67,68)(H,69,70)(H,71,72)(H,73,74). The highest BCUT2D eigenvalue weighted by atomic mass is 35.5. The van der Waals surface area contributed by atoms with Gasteiger partial charge in [-0.25, -0.2) is 36.5 Å². The Bertz CT molecular complexity index is 3330. The summed E-state index contributed by atoms with van der Waals surface area (Å²) in [5, 5.41) is 12.6. The third kappa shape index (κ3) is 37.9. The Morgan fingerprint density at radius 2 is 0.480 bits per heavy atom. The van der Waals surface area contributed by atoms with Gasteiger partial charge >= 0.3 is 62.6 Å². The number of hydrogen-bond acceptors (Lipinski definition) is 25. The molecule has 45 heteroatoms. The maximum atomic E-state index is 13.9. The van der Waals surface area contributed by atoms with E-state index in [0.29, 0.717) is 77.9 Å². The van der Waals surface area contributed by atoms with Crippen molar-refractivity contribution in [3.8, 4) is 0 Å². The molecule has 0 radical (unpaired) electrons. The molecule has 0 amide bonds. The van der Waals surface area contributed by atoms with E-state index in [4.69, 9.17) is 114 Å². The van der Waals surface area contributed by atoms with Crippen molar-refractivity contribution in [3.05, 3.63) is 91.0 Å². The van der Waals surface area contributed by atoms with Crippen LogP contribution in [-0.4, -0.2) is 157 Å². The largest absolute Gasteiger partial charge is 0.472 e. The van der Waals surface area contributed by atoms with Crippen molar-refractivity contribution >= 4 is 109 Å². The molecule has 0 aromatic rings. The fourth-order valence-corrected chi connectivity index (χ4v) is 16.4. The van der Waals surface area contributed by atoms with Gasteiger partial charge in [0.15, 0.2) is 0 Å². The van der Waals surface area contributed by atoms with Crippen LogP contribution < -0.4 is 0 Å². The lowest BCUT2D eigenvalue weighted by atomic mass is 9.95. The van der Waals surface area contributed by atoms with E-state index >= 15 is 0 Å². The van der Waals surface area contributed by atoms with Crippen LogP contribution >= 0.6 is 109 Å². The zero-order valence-corrected chi connectivity index (χ0v) is 64.5. The van der Waals surface area contributed by atoms with Crippen molar-refractivity contribution in [1.29, 1.82) is 0 Å². The van der Waals surface area contributed by atoms with Gasteiger partial charge in [-0.1, -0.05) is 121 Å². The molecule has 12 unspecified atom stereocenters. The van der Waals surface area contributed by atoms with Crippen LogP contribution in [0, 0.1) is 21.7 Å². The summed E-state index contributed by atoms with van der Waals surface area (Å²) in [5.41, 5.74) is -3.99. The average Bonchev–Trinajstić information content (AvgIpc) is 1.88. The van der Waals surface area contributed by atoms with Gasteiger partial charge in [-0.15, -0.1) is 0 Å². The summed E-state index contributed by atoms with van der Waals surface area (Å²) in [7, 11) is -40.0. The summed E-state index contributed by atoms with van der Waals surface area (Å²) < 4.78 is 187. The van der Waals surface area contributed by atoms with Gasteiger partial charge in [0, 0.05) is 74.6 Å². The molecule has 4 aliphatic rings. The molecule has 0 bridgehead atoms. The molecule has 0 aromatic heterocycles. The van der Waals surface area contributed by atoms with Crippen LogP contribution in [0.15, 0.2) is 91.0 Å². The van der Waals surface area contributed by atoms with Gasteiger partial charge in [0.2, 0.25) is 0 Å². The fraction of sp³-hybridized carbons (Fsp3) is 0.698. The molecule has 0 saturated heterocycles. The summed E-state index contributed by atoms with van der Waals surface area (Å²) in [6, 6.07) is 0. The number of halogens is 4. The predicted octanol–water partition coefficient (Wildman–Crippen LogP) is 13.6. The molecule has 0 heterocycles. The van der Waals surface area contributed by atoms with Crippen molar-refractivity contribution in [1.82, 2.24) is 0 Å². The highest BCUT2D eigenvalue weighted by molar-refractivity contribution is 7.49. The molecular weight excluding hydrogens is 1550 g/mol. The molecule has 566 valence electrons. The number of phosphoric ester groups is 8. The first-order valence-corrected chi connectivity index (χ1v) is 43.4. The predicted molar refractivity (Wildman–Crippen MR) is 358 cm³/mol. The molecule has 9 N–H and O–H groups in total. The van der Waals surface area contributed by atoms with E-state index in [1.54, 1.807) is 42.5 Å². The van der Waals surface area contributed by atoms with Gasteiger partial charge in [-0.05, 0) is 75.7 Å². The number of phosphoric acid groups is 8. The molecular formula is C53H88Cl4O33P8. The van der Waals surface area contributed by atoms with Crippen LogP contribution in [0.4, 0.5) is 0 Å². The van der Waals surface area contributed by atoms with Crippen LogP contribution in [0.3, 0.4) is 0 Å². The van der Waals surface area contributed by atoms with Crippen molar-refractivity contribution in [2.24, 2.45) is 21.7 Å². The Kier molecular flexibility index (Phi) is 37.6. The first-order chi connectivity index (χ1) is 45.3. The number of rotatable bonds is 55. The maximum absolute atomic E-state index is 13.9. The minimum absolute atomic E-state index is 0.206. The zero-order valence-electron chi connectivity index (χ0n) is 54.3. The minimum Gasteiger partial charge on any atom is -0.396 e. The number of aliphatic hydroxyl groups is 1. The maximum Gasteiger partial charge on any atom is 0.472 e. The van der Waals surface area contributed by atoms with Crippen molar-refractivity contribution in [3.63, 3.8) is 0 Å². The monoisotopic (exact) mass is 1640 g/mol. The second-order valence-electron chi connectivity index (χ2n) is 24.5.